The van der Waals surface area contributed by atoms with Crippen molar-refractivity contribution >= 4 is 51.9 Å². The van der Waals surface area contributed by atoms with Crippen molar-refractivity contribution in [2.75, 3.05) is 10.6 Å². The largest absolute Gasteiger partial charge is 0.332 e. The van der Waals surface area contributed by atoms with Crippen LogP contribution >= 0.6 is 35.4 Å². The summed E-state index contributed by atoms with van der Waals surface area (Å²) in [5.41, 5.74) is 3.06. The van der Waals surface area contributed by atoms with Crippen molar-refractivity contribution in [2.45, 2.75) is 26.2 Å². The summed E-state index contributed by atoms with van der Waals surface area (Å²) in [6.45, 7) is 2.19. The first kappa shape index (κ1) is 17.1. The van der Waals surface area contributed by atoms with Gasteiger partial charge in [0, 0.05) is 21.4 Å². The lowest BCUT2D eigenvalue weighted by Crippen LogP contribution is -2.20. The van der Waals surface area contributed by atoms with Gasteiger partial charge in [0.25, 0.3) is 0 Å². The molecule has 2 aromatic rings. The summed E-state index contributed by atoms with van der Waals surface area (Å²) in [6, 6.07) is 13.4. The summed E-state index contributed by atoms with van der Waals surface area (Å²) >= 11 is 17.3. The SMILES string of the molecule is CCCCc1ccccc1NC(=S)Nc1cc(Cl)cc(Cl)c1. The quantitative estimate of drug-likeness (QED) is 0.631. The van der Waals surface area contributed by atoms with Gasteiger partial charge in [-0.05, 0) is 54.9 Å². The van der Waals surface area contributed by atoms with E-state index in [1.807, 2.05) is 18.2 Å². The number of hydrogen-bond acceptors (Lipinski definition) is 1. The second kappa shape index (κ2) is 8.37. The van der Waals surface area contributed by atoms with Crippen LogP contribution in [0.1, 0.15) is 25.3 Å². The van der Waals surface area contributed by atoms with E-state index in [0.717, 1.165) is 30.6 Å². The molecule has 0 saturated heterocycles. The van der Waals surface area contributed by atoms with Crippen LogP contribution in [0.3, 0.4) is 0 Å². The molecule has 2 aromatic carbocycles. The zero-order valence-corrected chi connectivity index (χ0v) is 14.7. The second-order valence-corrected chi connectivity index (χ2v) is 6.28. The molecular formula is C17H18Cl2N2S. The number of nitrogens with one attached hydrogen (secondary N) is 2. The average molecular weight is 353 g/mol. The molecule has 0 aromatic heterocycles. The van der Waals surface area contributed by atoms with Gasteiger partial charge in [0.05, 0.1) is 0 Å². The van der Waals surface area contributed by atoms with E-state index in [0.29, 0.717) is 15.2 Å². The Hall–Kier alpha value is -1.29. The fraction of sp³-hybridized carbons (Fsp3) is 0.235. The van der Waals surface area contributed by atoms with Crippen molar-refractivity contribution in [3.8, 4) is 0 Å². The number of aryl methyl sites for hydroxylation is 1. The number of anilines is 2. The molecule has 0 unspecified atom stereocenters. The van der Waals surface area contributed by atoms with Crippen molar-refractivity contribution in [2.24, 2.45) is 0 Å². The van der Waals surface area contributed by atoms with E-state index in [2.05, 4.69) is 23.6 Å². The van der Waals surface area contributed by atoms with Gasteiger partial charge < -0.3 is 10.6 Å². The van der Waals surface area contributed by atoms with E-state index in [9.17, 15) is 0 Å². The van der Waals surface area contributed by atoms with Crippen molar-refractivity contribution in [3.05, 3.63) is 58.1 Å². The van der Waals surface area contributed by atoms with Crippen LogP contribution in [-0.4, -0.2) is 5.11 Å². The lowest BCUT2D eigenvalue weighted by molar-refractivity contribution is 0.796. The summed E-state index contributed by atoms with van der Waals surface area (Å²) < 4.78 is 0. The molecule has 2 nitrogen and oxygen atoms in total. The minimum absolute atomic E-state index is 0.516. The van der Waals surface area contributed by atoms with E-state index in [1.165, 1.54) is 5.56 Å². The minimum atomic E-state index is 0.516. The number of thiocarbonyl (C=S) groups is 1. The second-order valence-electron chi connectivity index (χ2n) is 5.00. The van der Waals surface area contributed by atoms with Crippen molar-refractivity contribution in [3.63, 3.8) is 0 Å². The average Bonchev–Trinajstić information content (AvgIpc) is 2.45. The third-order valence-corrected chi connectivity index (χ3v) is 3.83. The highest BCUT2D eigenvalue weighted by atomic mass is 35.5. The van der Waals surface area contributed by atoms with Gasteiger partial charge in [-0.25, -0.2) is 0 Å². The van der Waals surface area contributed by atoms with E-state index in [4.69, 9.17) is 35.4 Å². The molecule has 22 heavy (non-hydrogen) atoms. The van der Waals surface area contributed by atoms with Crippen LogP contribution in [0.5, 0.6) is 0 Å². The van der Waals surface area contributed by atoms with Crippen molar-refractivity contribution in [1.29, 1.82) is 0 Å². The number of halogens is 2. The minimum Gasteiger partial charge on any atom is -0.332 e. The lowest BCUT2D eigenvalue weighted by Gasteiger charge is -2.14. The van der Waals surface area contributed by atoms with Gasteiger partial charge in [-0.1, -0.05) is 54.7 Å². The Labute approximate surface area is 146 Å². The maximum atomic E-state index is 5.99. The molecule has 2 N–H and O–H groups in total. The molecule has 0 saturated carbocycles. The Bertz CT molecular complexity index is 639. The molecule has 0 aliphatic heterocycles. The Kier molecular flexibility index (Phi) is 6.49. The third kappa shape index (κ3) is 5.16. The van der Waals surface area contributed by atoms with Crippen LogP contribution in [0, 0.1) is 0 Å². The number of hydrogen-bond donors (Lipinski definition) is 2. The highest BCUT2D eigenvalue weighted by Crippen LogP contribution is 2.23. The predicted molar refractivity (Wildman–Crippen MR) is 101 cm³/mol. The standard InChI is InChI=1S/C17H18Cl2N2S/c1-2-3-6-12-7-4-5-8-16(12)21-17(22)20-15-10-13(18)9-14(19)11-15/h4-5,7-11H,2-3,6H2,1H3,(H2,20,21,22). The predicted octanol–water partition coefficient (Wildman–Crippen LogP) is 6.14. The Morgan fingerprint density at radius 1 is 1.05 bits per heavy atom. The van der Waals surface area contributed by atoms with Gasteiger partial charge in [-0.2, -0.15) is 0 Å². The monoisotopic (exact) mass is 352 g/mol. The molecular weight excluding hydrogens is 335 g/mol. The topological polar surface area (TPSA) is 24.1 Å². The number of unbranched alkanes of at least 4 members (excludes halogenated alkanes) is 1. The molecule has 0 fully saturated rings. The van der Waals surface area contributed by atoms with E-state index in [1.54, 1.807) is 18.2 Å². The fourth-order valence-corrected chi connectivity index (χ4v) is 2.89. The van der Waals surface area contributed by atoms with Crippen molar-refractivity contribution < 1.29 is 0 Å². The van der Waals surface area contributed by atoms with Gasteiger partial charge in [-0.3, -0.25) is 0 Å². The molecule has 0 spiro atoms. The maximum Gasteiger partial charge on any atom is 0.175 e. The van der Waals surface area contributed by atoms with Crippen LogP contribution in [0.2, 0.25) is 10.0 Å². The fourth-order valence-electron chi connectivity index (χ4n) is 2.14. The van der Waals surface area contributed by atoms with Crippen molar-refractivity contribution in [1.82, 2.24) is 0 Å². The highest BCUT2D eigenvalue weighted by Gasteiger charge is 2.05. The maximum absolute atomic E-state index is 5.99. The first-order chi connectivity index (χ1) is 10.6. The van der Waals surface area contributed by atoms with Crippen LogP contribution in [0.15, 0.2) is 42.5 Å². The van der Waals surface area contributed by atoms with Gasteiger partial charge in [0.15, 0.2) is 5.11 Å². The molecule has 0 bridgehead atoms. The summed E-state index contributed by atoms with van der Waals surface area (Å²) in [7, 11) is 0. The van der Waals surface area contributed by atoms with E-state index in [-0.39, 0.29) is 0 Å². The summed E-state index contributed by atoms with van der Waals surface area (Å²) in [4.78, 5) is 0. The van der Waals surface area contributed by atoms with Crippen LogP contribution in [-0.2, 0) is 6.42 Å². The zero-order valence-electron chi connectivity index (χ0n) is 12.3. The number of para-hydroxylation sites is 1. The molecule has 0 aliphatic carbocycles. The molecule has 0 aliphatic rings. The normalized spacial score (nSPS) is 10.3. The Balaban J connectivity index is 2.05. The lowest BCUT2D eigenvalue weighted by atomic mass is 10.1. The molecule has 0 amide bonds. The first-order valence-corrected chi connectivity index (χ1v) is 8.37. The molecule has 0 radical (unpaired) electrons. The smallest absolute Gasteiger partial charge is 0.175 e. The van der Waals surface area contributed by atoms with Gasteiger partial charge in [0.1, 0.15) is 0 Å². The molecule has 0 atom stereocenters. The van der Waals surface area contributed by atoms with Gasteiger partial charge >= 0.3 is 0 Å². The van der Waals surface area contributed by atoms with Crippen LogP contribution in [0.4, 0.5) is 11.4 Å². The summed E-state index contributed by atoms with van der Waals surface area (Å²) in [5, 5.41) is 8.00. The summed E-state index contributed by atoms with van der Waals surface area (Å²) in [5.74, 6) is 0. The summed E-state index contributed by atoms with van der Waals surface area (Å²) in [6.07, 6.45) is 3.35. The van der Waals surface area contributed by atoms with E-state index < -0.39 is 0 Å². The third-order valence-electron chi connectivity index (χ3n) is 3.19. The van der Waals surface area contributed by atoms with Gasteiger partial charge in [0.2, 0.25) is 0 Å². The molecule has 0 heterocycles. The Morgan fingerprint density at radius 2 is 1.73 bits per heavy atom. The highest BCUT2D eigenvalue weighted by molar-refractivity contribution is 7.80. The van der Waals surface area contributed by atoms with Crippen LogP contribution < -0.4 is 10.6 Å². The Morgan fingerprint density at radius 3 is 2.41 bits per heavy atom. The number of rotatable bonds is 5. The van der Waals surface area contributed by atoms with Gasteiger partial charge in [-0.15, -0.1) is 0 Å². The van der Waals surface area contributed by atoms with Crippen LogP contribution in [0.25, 0.3) is 0 Å². The van der Waals surface area contributed by atoms with E-state index >= 15 is 0 Å². The first-order valence-electron chi connectivity index (χ1n) is 7.20. The number of benzene rings is 2. The zero-order chi connectivity index (χ0) is 15.9. The molecule has 5 heteroatoms. The molecule has 2 rings (SSSR count). The molecule has 116 valence electrons.